The summed E-state index contributed by atoms with van der Waals surface area (Å²) in [5.41, 5.74) is 11.2. The van der Waals surface area contributed by atoms with Crippen molar-refractivity contribution in [3.63, 3.8) is 0 Å². The second-order valence-electron chi connectivity index (χ2n) is 11.2. The summed E-state index contributed by atoms with van der Waals surface area (Å²) >= 11 is 0. The zero-order valence-corrected chi connectivity index (χ0v) is 22.9. The minimum Gasteiger partial charge on any atom is -0.264 e. The van der Waals surface area contributed by atoms with Crippen molar-refractivity contribution in [2.45, 2.75) is 12.8 Å². The minimum absolute atomic E-state index is 0.929. The van der Waals surface area contributed by atoms with E-state index in [9.17, 15) is 0 Å². The predicted molar refractivity (Wildman–Crippen MR) is 174 cm³/mol. The van der Waals surface area contributed by atoms with E-state index in [0.29, 0.717) is 0 Å². The van der Waals surface area contributed by atoms with Crippen molar-refractivity contribution < 1.29 is 0 Å². The molecule has 196 valence electrons. The van der Waals surface area contributed by atoms with Gasteiger partial charge in [-0.2, -0.15) is 0 Å². The van der Waals surface area contributed by atoms with Gasteiger partial charge in [0.25, 0.3) is 0 Å². The summed E-state index contributed by atoms with van der Waals surface area (Å²) in [6.45, 7) is 0. The molecule has 0 aliphatic heterocycles. The Labute approximate surface area is 243 Å². The summed E-state index contributed by atoms with van der Waals surface area (Å²) in [5, 5.41) is 7.58. The molecule has 3 aromatic heterocycles. The van der Waals surface area contributed by atoms with Crippen LogP contribution in [0.4, 0.5) is 0 Å². The quantitative estimate of drug-likeness (QED) is 0.211. The number of aromatic nitrogens is 3. The van der Waals surface area contributed by atoms with Crippen LogP contribution < -0.4 is 0 Å². The molecule has 5 aromatic carbocycles. The van der Waals surface area contributed by atoms with Crippen LogP contribution in [0.3, 0.4) is 0 Å². The molecule has 0 saturated carbocycles. The van der Waals surface area contributed by atoms with Crippen LogP contribution in [0.2, 0.25) is 0 Å². The van der Waals surface area contributed by atoms with Gasteiger partial charge in [0.1, 0.15) is 0 Å². The van der Waals surface area contributed by atoms with Gasteiger partial charge in [-0.15, -0.1) is 0 Å². The second kappa shape index (κ2) is 9.05. The van der Waals surface area contributed by atoms with Crippen LogP contribution in [0.25, 0.3) is 77.0 Å². The van der Waals surface area contributed by atoms with E-state index in [0.717, 1.165) is 62.7 Å². The molecule has 8 aromatic rings. The molecule has 3 heteroatoms. The van der Waals surface area contributed by atoms with Crippen LogP contribution in [-0.4, -0.2) is 15.0 Å². The third-order valence-electron chi connectivity index (χ3n) is 8.83. The van der Waals surface area contributed by atoms with Crippen molar-refractivity contribution in [2.24, 2.45) is 0 Å². The average molecular weight is 536 g/mol. The number of benzene rings is 5. The maximum atomic E-state index is 5.29. The molecule has 1 aliphatic carbocycles. The third kappa shape index (κ3) is 3.57. The number of rotatable bonds is 3. The van der Waals surface area contributed by atoms with Gasteiger partial charge in [0.15, 0.2) is 0 Å². The van der Waals surface area contributed by atoms with E-state index in [-0.39, 0.29) is 0 Å². The molecular formula is C39H25N3. The number of fused-ring (bicyclic) bond motifs is 3. The van der Waals surface area contributed by atoms with E-state index in [1.54, 1.807) is 6.20 Å². The molecule has 3 heterocycles. The first kappa shape index (κ1) is 23.3. The highest BCUT2D eigenvalue weighted by Crippen LogP contribution is 2.40. The summed E-state index contributed by atoms with van der Waals surface area (Å²) < 4.78 is 0. The fourth-order valence-corrected chi connectivity index (χ4v) is 6.72. The molecule has 0 fully saturated rings. The van der Waals surface area contributed by atoms with Gasteiger partial charge in [-0.3, -0.25) is 4.98 Å². The second-order valence-corrected chi connectivity index (χ2v) is 11.2. The monoisotopic (exact) mass is 535 g/mol. The summed E-state index contributed by atoms with van der Waals surface area (Å²) in [7, 11) is 0. The van der Waals surface area contributed by atoms with Gasteiger partial charge < -0.3 is 0 Å². The third-order valence-corrected chi connectivity index (χ3v) is 8.83. The van der Waals surface area contributed by atoms with Crippen LogP contribution in [0, 0.1) is 0 Å². The molecule has 0 unspecified atom stereocenters. The highest BCUT2D eigenvalue weighted by molar-refractivity contribution is 6.15. The maximum Gasteiger partial charge on any atom is 0.0972 e. The number of hydrogen-bond acceptors (Lipinski definition) is 3. The molecule has 9 rings (SSSR count). The summed E-state index contributed by atoms with van der Waals surface area (Å²) in [6, 6.07) is 41.3. The van der Waals surface area contributed by atoms with Gasteiger partial charge in [-0.1, -0.05) is 97.1 Å². The Morgan fingerprint density at radius 1 is 0.452 bits per heavy atom. The number of nitrogens with zero attached hydrogens (tertiary/aromatic N) is 3. The van der Waals surface area contributed by atoms with Crippen molar-refractivity contribution in [3.05, 3.63) is 139 Å². The average Bonchev–Trinajstić information content (AvgIpc) is 3.07. The van der Waals surface area contributed by atoms with Crippen molar-refractivity contribution in [1.29, 1.82) is 0 Å². The normalized spacial score (nSPS) is 12.6. The standard InChI is InChI=1S/C39H25N3/c1-3-26-10-11-28-14-18-32(33-19-15-27(4-1)36(26)37(28)33)35-21-17-30-13-12-29-16-20-34(41-38(29)39(30)42-35)25-8-6-24(7-9-25)31-5-2-22-40-23-31/h1-9,12-23H,10-11H2. The Morgan fingerprint density at radius 2 is 1.14 bits per heavy atom. The van der Waals surface area contributed by atoms with Crippen LogP contribution in [0.1, 0.15) is 11.1 Å². The minimum atomic E-state index is 0.929. The molecular weight excluding hydrogens is 510 g/mol. The first-order chi connectivity index (χ1) is 20.8. The molecule has 0 spiro atoms. The first-order valence-corrected chi connectivity index (χ1v) is 14.5. The Balaban J connectivity index is 1.20. The Morgan fingerprint density at radius 3 is 1.93 bits per heavy atom. The molecule has 0 radical (unpaired) electrons. The highest BCUT2D eigenvalue weighted by atomic mass is 14.8. The van der Waals surface area contributed by atoms with Gasteiger partial charge in [-0.05, 0) is 74.8 Å². The molecule has 1 aliphatic rings. The number of hydrogen-bond donors (Lipinski definition) is 0. The molecule has 0 atom stereocenters. The molecule has 42 heavy (non-hydrogen) atoms. The first-order valence-electron chi connectivity index (χ1n) is 14.5. The molecule has 3 nitrogen and oxygen atoms in total. The zero-order valence-electron chi connectivity index (χ0n) is 22.9. The summed E-state index contributed by atoms with van der Waals surface area (Å²) in [4.78, 5) is 14.7. The lowest BCUT2D eigenvalue weighted by Gasteiger charge is -2.20. The Bertz CT molecular complexity index is 2340. The van der Waals surface area contributed by atoms with Crippen molar-refractivity contribution >= 4 is 43.4 Å². The van der Waals surface area contributed by atoms with Crippen LogP contribution in [0.15, 0.2) is 128 Å². The lowest BCUT2D eigenvalue weighted by Crippen LogP contribution is -2.02. The molecule has 0 N–H and O–H groups in total. The number of pyridine rings is 3. The van der Waals surface area contributed by atoms with Crippen molar-refractivity contribution in [2.75, 3.05) is 0 Å². The smallest absolute Gasteiger partial charge is 0.0972 e. The van der Waals surface area contributed by atoms with Crippen LogP contribution in [-0.2, 0) is 12.8 Å². The van der Waals surface area contributed by atoms with Crippen molar-refractivity contribution in [3.8, 4) is 33.6 Å². The highest BCUT2D eigenvalue weighted by Gasteiger charge is 2.18. The van der Waals surface area contributed by atoms with E-state index >= 15 is 0 Å². The fraction of sp³-hybridized carbons (Fsp3) is 0.0513. The van der Waals surface area contributed by atoms with Gasteiger partial charge in [0.05, 0.1) is 22.4 Å². The van der Waals surface area contributed by atoms with Gasteiger partial charge in [0, 0.05) is 34.3 Å². The summed E-state index contributed by atoms with van der Waals surface area (Å²) in [6.07, 6.45) is 5.87. The predicted octanol–water partition coefficient (Wildman–Crippen LogP) is 9.58. The van der Waals surface area contributed by atoms with E-state index in [2.05, 4.69) is 114 Å². The lowest BCUT2D eigenvalue weighted by atomic mass is 9.84. The van der Waals surface area contributed by atoms with E-state index in [4.69, 9.17) is 9.97 Å². The largest absolute Gasteiger partial charge is 0.264 e. The molecule has 0 amide bonds. The topological polar surface area (TPSA) is 38.7 Å². The van der Waals surface area contributed by atoms with Crippen LogP contribution >= 0.6 is 0 Å². The van der Waals surface area contributed by atoms with Gasteiger partial charge in [-0.25, -0.2) is 9.97 Å². The van der Waals surface area contributed by atoms with Crippen molar-refractivity contribution in [1.82, 2.24) is 15.0 Å². The lowest BCUT2D eigenvalue weighted by molar-refractivity contribution is 0.968. The Kier molecular flexibility index (Phi) is 5.02. The fourth-order valence-electron chi connectivity index (χ4n) is 6.72. The molecule has 0 bridgehead atoms. The van der Waals surface area contributed by atoms with E-state index < -0.39 is 0 Å². The van der Waals surface area contributed by atoms with E-state index in [1.807, 2.05) is 12.3 Å². The van der Waals surface area contributed by atoms with Gasteiger partial charge in [0.2, 0.25) is 0 Å². The van der Waals surface area contributed by atoms with E-state index in [1.165, 1.54) is 38.2 Å². The summed E-state index contributed by atoms with van der Waals surface area (Å²) in [5.74, 6) is 0. The zero-order chi connectivity index (χ0) is 27.6. The SMILES string of the molecule is c1cncc(-c2ccc(-c3ccc4ccc5ccc(-c6ccc7c8c6ccc6cccc(c68)CC7)nc5c4n3)cc2)c1. The Hall–Kier alpha value is -5.41. The van der Waals surface area contributed by atoms with Gasteiger partial charge >= 0.3 is 0 Å². The van der Waals surface area contributed by atoms with Crippen LogP contribution in [0.5, 0.6) is 0 Å². The number of aryl methyl sites for hydroxylation is 2. The maximum absolute atomic E-state index is 5.29. The molecule has 0 saturated heterocycles.